The molecule has 0 spiro atoms. The smallest absolute Gasteiger partial charge is 0.236 e. The highest BCUT2D eigenvalue weighted by molar-refractivity contribution is 7.95. The van der Waals surface area contributed by atoms with E-state index in [1.807, 2.05) is 32.9 Å². The first-order valence-electron chi connectivity index (χ1n) is 9.54. The van der Waals surface area contributed by atoms with Crippen LogP contribution in [0.3, 0.4) is 0 Å². The van der Waals surface area contributed by atoms with Crippen molar-refractivity contribution in [2.45, 2.75) is 34.6 Å². The molecule has 0 heterocycles. The molecule has 156 valence electrons. The van der Waals surface area contributed by atoms with Crippen molar-refractivity contribution in [1.82, 2.24) is 0 Å². The van der Waals surface area contributed by atoms with E-state index >= 15 is 0 Å². The van der Waals surface area contributed by atoms with Crippen LogP contribution >= 0.6 is 7.14 Å². The number of carbonyl (C=O) groups excluding carboxylic acids is 2. The molecule has 2 aromatic carbocycles. The van der Waals surface area contributed by atoms with Crippen molar-refractivity contribution < 1.29 is 23.6 Å². The highest BCUT2D eigenvalue weighted by atomic mass is 31.2. The predicted octanol–water partition coefficient (Wildman–Crippen LogP) is 5.63. The molecule has 5 nitrogen and oxygen atoms in total. The van der Waals surface area contributed by atoms with E-state index < -0.39 is 18.2 Å². The number of hydrogen-bond donors (Lipinski definition) is 0. The van der Waals surface area contributed by atoms with Crippen LogP contribution in [0, 0.1) is 26.7 Å². The Morgan fingerprint density at radius 1 is 0.897 bits per heavy atom. The van der Waals surface area contributed by atoms with Crippen LogP contribution in [0.4, 0.5) is 0 Å². The van der Waals surface area contributed by atoms with Crippen LogP contribution < -0.4 is 9.47 Å². The van der Waals surface area contributed by atoms with Crippen LogP contribution in [0.2, 0.25) is 0 Å². The predicted molar refractivity (Wildman–Crippen MR) is 116 cm³/mol. The molecule has 0 saturated heterocycles. The molecule has 0 radical (unpaired) electrons. The van der Waals surface area contributed by atoms with E-state index in [0.717, 1.165) is 16.7 Å². The molecule has 0 aromatic heterocycles. The van der Waals surface area contributed by atoms with E-state index in [4.69, 9.17) is 9.47 Å². The number of methoxy groups -OCH3 is 2. The lowest BCUT2D eigenvalue weighted by Crippen LogP contribution is -2.19. The number of carbonyl (C=O) groups is 2. The van der Waals surface area contributed by atoms with Gasteiger partial charge >= 0.3 is 0 Å². The highest BCUT2D eigenvalue weighted by Gasteiger charge is 2.44. The normalized spacial score (nSPS) is 13.1. The van der Waals surface area contributed by atoms with Crippen molar-refractivity contribution in [2.24, 2.45) is 5.92 Å². The first-order chi connectivity index (χ1) is 13.6. The third-order valence-corrected chi connectivity index (χ3v) is 7.81. The third-order valence-electron chi connectivity index (χ3n) is 4.81. The molecule has 0 amide bonds. The summed E-state index contributed by atoms with van der Waals surface area (Å²) >= 11 is 0. The largest absolute Gasteiger partial charge is 0.496 e. The van der Waals surface area contributed by atoms with Gasteiger partial charge in [-0.25, -0.2) is 0 Å². The molecule has 2 aromatic rings. The van der Waals surface area contributed by atoms with Crippen LogP contribution in [0.15, 0.2) is 30.3 Å². The highest BCUT2D eigenvalue weighted by Crippen LogP contribution is 2.56. The van der Waals surface area contributed by atoms with E-state index in [9.17, 15) is 14.2 Å². The number of ether oxygens (including phenoxy) is 2. The van der Waals surface area contributed by atoms with Gasteiger partial charge in [-0.2, -0.15) is 0 Å². The summed E-state index contributed by atoms with van der Waals surface area (Å²) in [6.45, 7) is 9.25. The monoisotopic (exact) mass is 416 g/mol. The SMILES string of the molecule is COc1cccc(OC)c1C(=O)P(=O)(CC(C)C)C(=O)c1c(C)cc(C)cc1C. The summed E-state index contributed by atoms with van der Waals surface area (Å²) in [5.74, 6) is 0.368. The second-order valence-corrected chi connectivity index (χ2v) is 10.4. The van der Waals surface area contributed by atoms with Crippen molar-refractivity contribution in [3.63, 3.8) is 0 Å². The summed E-state index contributed by atoms with van der Waals surface area (Å²) in [6, 6.07) is 8.62. The Kier molecular flexibility index (Phi) is 7.07. The fraction of sp³-hybridized carbons (Fsp3) is 0.391. The fourth-order valence-electron chi connectivity index (χ4n) is 3.71. The van der Waals surface area contributed by atoms with Crippen LogP contribution in [-0.4, -0.2) is 31.4 Å². The molecule has 0 aliphatic heterocycles. The Morgan fingerprint density at radius 2 is 1.34 bits per heavy atom. The summed E-state index contributed by atoms with van der Waals surface area (Å²) in [4.78, 5) is 27.2. The van der Waals surface area contributed by atoms with Crippen molar-refractivity contribution >= 4 is 18.2 Å². The molecule has 1 atom stereocenters. The Hall–Kier alpha value is -2.39. The average molecular weight is 416 g/mol. The van der Waals surface area contributed by atoms with E-state index in [1.165, 1.54) is 14.2 Å². The van der Waals surface area contributed by atoms with Gasteiger partial charge in [0.15, 0.2) is 0 Å². The standard InChI is InChI=1S/C23H29O5P/c1-14(2)13-29(26,22(24)20-16(4)11-15(3)12-17(20)5)23(25)21-18(27-6)9-8-10-19(21)28-7/h8-12,14H,13H2,1-7H3. The Balaban J connectivity index is 2.73. The van der Waals surface area contributed by atoms with Gasteiger partial charge in [-0.05, 0) is 49.9 Å². The molecule has 2 rings (SSSR count). The van der Waals surface area contributed by atoms with Gasteiger partial charge in [0.1, 0.15) is 17.1 Å². The Bertz CT molecular complexity index is 946. The molecule has 0 saturated carbocycles. The molecule has 1 unspecified atom stereocenters. The molecule has 0 aliphatic carbocycles. The van der Waals surface area contributed by atoms with E-state index in [1.54, 1.807) is 32.0 Å². The second kappa shape index (κ2) is 8.96. The molecular formula is C23H29O5P. The van der Waals surface area contributed by atoms with Crippen molar-refractivity contribution in [3.8, 4) is 11.5 Å². The average Bonchev–Trinajstić information content (AvgIpc) is 2.65. The molecular weight excluding hydrogens is 387 g/mol. The van der Waals surface area contributed by atoms with Crippen LogP contribution in [0.5, 0.6) is 11.5 Å². The van der Waals surface area contributed by atoms with Crippen LogP contribution in [0.1, 0.15) is 51.3 Å². The molecule has 0 fully saturated rings. The maximum atomic E-state index is 14.1. The third kappa shape index (κ3) is 4.45. The first-order valence-corrected chi connectivity index (χ1v) is 11.4. The minimum atomic E-state index is -3.99. The lowest BCUT2D eigenvalue weighted by Gasteiger charge is -2.22. The molecule has 0 N–H and O–H groups in total. The number of rotatable bonds is 8. The zero-order valence-corrected chi connectivity index (χ0v) is 19.1. The number of benzene rings is 2. The summed E-state index contributed by atoms with van der Waals surface area (Å²) < 4.78 is 24.8. The number of hydrogen-bond acceptors (Lipinski definition) is 5. The maximum Gasteiger partial charge on any atom is 0.236 e. The van der Waals surface area contributed by atoms with Gasteiger partial charge in [0, 0.05) is 11.7 Å². The van der Waals surface area contributed by atoms with Crippen LogP contribution in [0.25, 0.3) is 0 Å². The van der Waals surface area contributed by atoms with Crippen LogP contribution in [-0.2, 0) is 4.57 Å². The van der Waals surface area contributed by atoms with E-state index in [-0.39, 0.29) is 29.1 Å². The summed E-state index contributed by atoms with van der Waals surface area (Å²) in [5.41, 5.74) is 1.54. The maximum absolute atomic E-state index is 14.1. The van der Waals surface area contributed by atoms with Gasteiger partial charge in [-0.1, -0.05) is 37.6 Å². The van der Waals surface area contributed by atoms with Gasteiger partial charge in [-0.15, -0.1) is 0 Å². The lowest BCUT2D eigenvalue weighted by atomic mass is 10.0. The Labute approximate surface area is 172 Å². The van der Waals surface area contributed by atoms with Gasteiger partial charge in [0.2, 0.25) is 18.2 Å². The van der Waals surface area contributed by atoms with E-state index in [2.05, 4.69) is 0 Å². The Morgan fingerprint density at radius 3 is 1.76 bits per heavy atom. The minimum Gasteiger partial charge on any atom is -0.496 e. The van der Waals surface area contributed by atoms with Crippen molar-refractivity contribution in [3.05, 3.63) is 58.1 Å². The summed E-state index contributed by atoms with van der Waals surface area (Å²) in [5, 5.41) is 0. The zero-order valence-electron chi connectivity index (χ0n) is 18.2. The molecule has 0 aliphatic rings. The summed E-state index contributed by atoms with van der Waals surface area (Å²) in [6.07, 6.45) is -0.0153. The van der Waals surface area contributed by atoms with Gasteiger partial charge in [0.25, 0.3) is 0 Å². The van der Waals surface area contributed by atoms with Crippen molar-refractivity contribution in [2.75, 3.05) is 20.4 Å². The lowest BCUT2D eigenvalue weighted by molar-refractivity contribution is 0.103. The topological polar surface area (TPSA) is 69.7 Å². The van der Waals surface area contributed by atoms with Gasteiger partial charge in [-0.3, -0.25) is 9.59 Å². The molecule has 29 heavy (non-hydrogen) atoms. The van der Waals surface area contributed by atoms with Crippen molar-refractivity contribution in [1.29, 1.82) is 0 Å². The van der Waals surface area contributed by atoms with E-state index in [0.29, 0.717) is 5.56 Å². The summed E-state index contributed by atoms with van der Waals surface area (Å²) in [7, 11) is -1.14. The molecule has 0 bridgehead atoms. The van der Waals surface area contributed by atoms with Gasteiger partial charge < -0.3 is 14.0 Å². The quantitative estimate of drug-likeness (QED) is 0.522. The molecule has 6 heteroatoms. The number of aryl methyl sites for hydroxylation is 3. The minimum absolute atomic E-state index is 0.0153. The second-order valence-electron chi connectivity index (χ2n) is 7.74. The first kappa shape index (κ1) is 22.9. The van der Waals surface area contributed by atoms with Gasteiger partial charge in [0.05, 0.1) is 14.2 Å². The zero-order chi connectivity index (χ0) is 21.9. The fourth-order valence-corrected chi connectivity index (χ4v) is 6.55.